The number of benzene rings is 1. The average molecular weight is 250 g/mol. The van der Waals surface area contributed by atoms with Crippen LogP contribution >= 0.6 is 0 Å². The van der Waals surface area contributed by atoms with E-state index < -0.39 is 0 Å². The maximum absolute atomic E-state index is 13.4. The first-order valence-corrected chi connectivity index (χ1v) is 6.87. The SMILES string of the molecule is CC(C)C[C@@H](c1cccc(F)c1)N1CCNCC1. The number of hydrogen-bond acceptors (Lipinski definition) is 2. The van der Waals surface area contributed by atoms with Gasteiger partial charge in [0.05, 0.1) is 0 Å². The summed E-state index contributed by atoms with van der Waals surface area (Å²) in [5.41, 5.74) is 1.12. The summed E-state index contributed by atoms with van der Waals surface area (Å²) in [5, 5.41) is 3.37. The van der Waals surface area contributed by atoms with E-state index in [1.54, 1.807) is 6.07 Å². The van der Waals surface area contributed by atoms with Gasteiger partial charge in [-0.25, -0.2) is 4.39 Å². The highest BCUT2D eigenvalue weighted by Crippen LogP contribution is 2.28. The highest BCUT2D eigenvalue weighted by Gasteiger charge is 2.23. The molecule has 1 aromatic rings. The monoisotopic (exact) mass is 250 g/mol. The summed E-state index contributed by atoms with van der Waals surface area (Å²) in [7, 11) is 0. The number of halogens is 1. The Kier molecular flexibility index (Phi) is 4.72. The summed E-state index contributed by atoms with van der Waals surface area (Å²) in [6.45, 7) is 8.62. The Morgan fingerprint density at radius 1 is 1.28 bits per heavy atom. The van der Waals surface area contributed by atoms with Gasteiger partial charge in [0.1, 0.15) is 5.82 Å². The van der Waals surface area contributed by atoms with E-state index in [0.717, 1.165) is 38.2 Å². The summed E-state index contributed by atoms with van der Waals surface area (Å²) >= 11 is 0. The van der Waals surface area contributed by atoms with Crippen molar-refractivity contribution >= 4 is 0 Å². The molecule has 1 saturated heterocycles. The number of nitrogens with zero attached hydrogens (tertiary/aromatic N) is 1. The lowest BCUT2D eigenvalue weighted by Gasteiger charge is -2.36. The average Bonchev–Trinajstić information content (AvgIpc) is 2.37. The second kappa shape index (κ2) is 6.30. The molecule has 1 atom stereocenters. The van der Waals surface area contributed by atoms with Crippen molar-refractivity contribution in [2.24, 2.45) is 5.92 Å². The molecule has 1 heterocycles. The van der Waals surface area contributed by atoms with E-state index >= 15 is 0 Å². The van der Waals surface area contributed by atoms with Crippen molar-refractivity contribution < 1.29 is 4.39 Å². The molecule has 0 aliphatic carbocycles. The highest BCUT2D eigenvalue weighted by molar-refractivity contribution is 5.20. The van der Waals surface area contributed by atoms with Crippen LogP contribution in [0.3, 0.4) is 0 Å². The Balaban J connectivity index is 2.18. The number of piperazine rings is 1. The van der Waals surface area contributed by atoms with E-state index in [0.29, 0.717) is 12.0 Å². The molecule has 0 aromatic heterocycles. The van der Waals surface area contributed by atoms with Crippen molar-refractivity contribution in [2.75, 3.05) is 26.2 Å². The molecule has 2 rings (SSSR count). The quantitative estimate of drug-likeness (QED) is 0.884. The van der Waals surface area contributed by atoms with E-state index in [4.69, 9.17) is 0 Å². The van der Waals surface area contributed by atoms with Crippen LogP contribution in [0.5, 0.6) is 0 Å². The molecule has 3 heteroatoms. The molecular weight excluding hydrogens is 227 g/mol. The Bertz CT molecular complexity index is 373. The number of hydrogen-bond donors (Lipinski definition) is 1. The molecule has 1 N–H and O–H groups in total. The summed E-state index contributed by atoms with van der Waals surface area (Å²) in [6, 6.07) is 7.43. The van der Waals surface area contributed by atoms with Crippen LogP contribution in [0.2, 0.25) is 0 Å². The van der Waals surface area contributed by atoms with Crippen molar-refractivity contribution in [3.63, 3.8) is 0 Å². The molecular formula is C15H23FN2. The van der Waals surface area contributed by atoms with Crippen molar-refractivity contribution in [3.05, 3.63) is 35.6 Å². The zero-order valence-electron chi connectivity index (χ0n) is 11.3. The van der Waals surface area contributed by atoms with Gasteiger partial charge in [0.25, 0.3) is 0 Å². The second-order valence-corrected chi connectivity index (χ2v) is 5.49. The van der Waals surface area contributed by atoms with Gasteiger partial charge in [-0.2, -0.15) is 0 Å². The fourth-order valence-corrected chi connectivity index (χ4v) is 2.65. The molecule has 1 aliphatic heterocycles. The summed E-state index contributed by atoms with van der Waals surface area (Å²) in [4.78, 5) is 2.48. The van der Waals surface area contributed by atoms with E-state index in [9.17, 15) is 4.39 Å². The van der Waals surface area contributed by atoms with Gasteiger partial charge >= 0.3 is 0 Å². The van der Waals surface area contributed by atoms with E-state index in [2.05, 4.69) is 30.1 Å². The van der Waals surface area contributed by atoms with E-state index in [1.807, 2.05) is 6.07 Å². The minimum absolute atomic E-state index is 0.128. The van der Waals surface area contributed by atoms with Gasteiger partial charge in [0.2, 0.25) is 0 Å². The van der Waals surface area contributed by atoms with Crippen LogP contribution in [0, 0.1) is 11.7 Å². The minimum Gasteiger partial charge on any atom is -0.314 e. The molecule has 0 radical (unpaired) electrons. The normalized spacial score (nSPS) is 19.1. The third kappa shape index (κ3) is 3.53. The lowest BCUT2D eigenvalue weighted by molar-refractivity contribution is 0.154. The largest absolute Gasteiger partial charge is 0.314 e. The molecule has 1 aliphatic rings. The molecule has 100 valence electrons. The summed E-state index contributed by atoms with van der Waals surface area (Å²) in [5.74, 6) is 0.490. The first-order valence-electron chi connectivity index (χ1n) is 6.87. The Labute approximate surface area is 109 Å². The molecule has 1 aromatic carbocycles. The van der Waals surface area contributed by atoms with Crippen LogP contribution < -0.4 is 5.32 Å². The standard InChI is InChI=1S/C15H23FN2/c1-12(2)10-15(18-8-6-17-7-9-18)13-4-3-5-14(16)11-13/h3-5,11-12,15,17H,6-10H2,1-2H3/t15-/m0/s1. The van der Waals surface area contributed by atoms with Crippen LogP contribution in [0.15, 0.2) is 24.3 Å². The maximum Gasteiger partial charge on any atom is 0.123 e. The smallest absolute Gasteiger partial charge is 0.123 e. The van der Waals surface area contributed by atoms with Gasteiger partial charge in [0.15, 0.2) is 0 Å². The van der Waals surface area contributed by atoms with E-state index in [-0.39, 0.29) is 5.82 Å². The predicted molar refractivity (Wildman–Crippen MR) is 73.0 cm³/mol. The van der Waals surface area contributed by atoms with Crippen LogP contribution in [0.1, 0.15) is 31.9 Å². The fourth-order valence-electron chi connectivity index (χ4n) is 2.65. The molecule has 0 bridgehead atoms. The van der Waals surface area contributed by atoms with Gasteiger partial charge in [-0.3, -0.25) is 4.90 Å². The van der Waals surface area contributed by atoms with Crippen LogP contribution in [-0.4, -0.2) is 31.1 Å². The Hall–Kier alpha value is -0.930. The van der Waals surface area contributed by atoms with Crippen LogP contribution in [-0.2, 0) is 0 Å². The third-order valence-corrected chi connectivity index (χ3v) is 3.52. The second-order valence-electron chi connectivity index (χ2n) is 5.49. The minimum atomic E-state index is -0.128. The molecule has 18 heavy (non-hydrogen) atoms. The molecule has 0 spiro atoms. The zero-order valence-corrected chi connectivity index (χ0v) is 11.3. The predicted octanol–water partition coefficient (Wildman–Crippen LogP) is 2.82. The summed E-state index contributed by atoms with van der Waals surface area (Å²) in [6.07, 6.45) is 1.09. The van der Waals surface area contributed by atoms with Crippen LogP contribution in [0.4, 0.5) is 4.39 Å². The molecule has 0 saturated carbocycles. The van der Waals surface area contributed by atoms with Crippen molar-refractivity contribution in [2.45, 2.75) is 26.3 Å². The molecule has 0 amide bonds. The number of nitrogens with one attached hydrogen (secondary N) is 1. The number of rotatable bonds is 4. The topological polar surface area (TPSA) is 15.3 Å². The van der Waals surface area contributed by atoms with Gasteiger partial charge in [-0.05, 0) is 30.0 Å². The first kappa shape index (κ1) is 13.5. The van der Waals surface area contributed by atoms with Gasteiger partial charge in [-0.1, -0.05) is 26.0 Å². The first-order chi connectivity index (χ1) is 8.66. The highest BCUT2D eigenvalue weighted by atomic mass is 19.1. The fraction of sp³-hybridized carbons (Fsp3) is 0.600. The Morgan fingerprint density at radius 3 is 2.61 bits per heavy atom. The van der Waals surface area contributed by atoms with E-state index in [1.165, 1.54) is 6.07 Å². The van der Waals surface area contributed by atoms with Crippen molar-refractivity contribution in [1.82, 2.24) is 10.2 Å². The van der Waals surface area contributed by atoms with Gasteiger partial charge in [-0.15, -0.1) is 0 Å². The van der Waals surface area contributed by atoms with Crippen LogP contribution in [0.25, 0.3) is 0 Å². The molecule has 0 unspecified atom stereocenters. The van der Waals surface area contributed by atoms with Crippen molar-refractivity contribution in [3.8, 4) is 0 Å². The Morgan fingerprint density at radius 2 is 2.00 bits per heavy atom. The zero-order chi connectivity index (χ0) is 13.0. The third-order valence-electron chi connectivity index (χ3n) is 3.52. The van der Waals surface area contributed by atoms with Crippen molar-refractivity contribution in [1.29, 1.82) is 0 Å². The summed E-state index contributed by atoms with van der Waals surface area (Å²) < 4.78 is 13.4. The lowest BCUT2D eigenvalue weighted by Crippen LogP contribution is -2.45. The van der Waals surface area contributed by atoms with Gasteiger partial charge < -0.3 is 5.32 Å². The molecule has 2 nitrogen and oxygen atoms in total. The molecule has 1 fully saturated rings. The van der Waals surface area contributed by atoms with Gasteiger partial charge in [0, 0.05) is 32.2 Å². The maximum atomic E-state index is 13.4. The lowest BCUT2D eigenvalue weighted by atomic mass is 9.95.